The van der Waals surface area contributed by atoms with Crippen LogP contribution in [0.15, 0.2) is 35.1 Å². The van der Waals surface area contributed by atoms with Crippen molar-refractivity contribution in [3.63, 3.8) is 0 Å². The summed E-state index contributed by atoms with van der Waals surface area (Å²) < 4.78 is 0.611. The van der Waals surface area contributed by atoms with Crippen LogP contribution in [0, 0.1) is 11.3 Å². The molecule has 0 amide bonds. The minimum Gasteiger partial charge on any atom is -0.383 e. The summed E-state index contributed by atoms with van der Waals surface area (Å²) in [5.74, 6) is 0.978. The van der Waals surface area contributed by atoms with E-state index in [0.29, 0.717) is 21.7 Å². The predicted octanol–water partition coefficient (Wildman–Crippen LogP) is 2.46. The van der Waals surface area contributed by atoms with Gasteiger partial charge in [-0.25, -0.2) is 9.97 Å². The molecule has 2 N–H and O–H groups in total. The highest BCUT2D eigenvalue weighted by Gasteiger charge is 2.14. The van der Waals surface area contributed by atoms with Crippen molar-refractivity contribution in [3.05, 3.63) is 40.6 Å². The van der Waals surface area contributed by atoms with Gasteiger partial charge in [0.1, 0.15) is 22.7 Å². The molecule has 5 nitrogen and oxygen atoms in total. The zero-order valence-electron chi connectivity index (χ0n) is 9.63. The van der Waals surface area contributed by atoms with Crippen molar-refractivity contribution in [2.75, 3.05) is 17.7 Å². The normalized spacial score (nSPS) is 9.83. The third kappa shape index (κ3) is 2.13. The summed E-state index contributed by atoms with van der Waals surface area (Å²) in [7, 11) is 1.82. The summed E-state index contributed by atoms with van der Waals surface area (Å²) in [6.45, 7) is 0. The van der Waals surface area contributed by atoms with E-state index in [2.05, 4.69) is 32.0 Å². The summed E-state index contributed by atoms with van der Waals surface area (Å²) >= 11 is 3.35. The molecule has 0 unspecified atom stereocenters. The van der Waals surface area contributed by atoms with E-state index in [1.165, 1.54) is 6.33 Å². The Hall–Kier alpha value is -2.13. The highest BCUT2D eigenvalue weighted by Crippen LogP contribution is 2.32. The molecule has 90 valence electrons. The van der Waals surface area contributed by atoms with Crippen LogP contribution in [0.3, 0.4) is 0 Å². The fourth-order valence-electron chi connectivity index (χ4n) is 1.58. The van der Waals surface area contributed by atoms with E-state index in [9.17, 15) is 0 Å². The third-order valence-electron chi connectivity index (χ3n) is 2.50. The van der Waals surface area contributed by atoms with E-state index in [0.717, 1.165) is 5.69 Å². The minimum absolute atomic E-state index is 0.362. The van der Waals surface area contributed by atoms with Gasteiger partial charge in [-0.15, -0.1) is 0 Å². The molecule has 0 spiro atoms. The van der Waals surface area contributed by atoms with Crippen molar-refractivity contribution in [3.8, 4) is 6.07 Å². The van der Waals surface area contributed by atoms with Crippen molar-refractivity contribution in [1.82, 2.24) is 9.97 Å². The average Bonchev–Trinajstić information content (AvgIpc) is 2.41. The van der Waals surface area contributed by atoms with Gasteiger partial charge in [0.05, 0.1) is 11.3 Å². The number of benzene rings is 1. The van der Waals surface area contributed by atoms with Gasteiger partial charge in [0.15, 0.2) is 5.82 Å². The molecule has 0 aliphatic rings. The predicted molar refractivity (Wildman–Crippen MR) is 73.4 cm³/mol. The second kappa shape index (κ2) is 5.02. The molecular weight excluding hydrogens is 294 g/mol. The number of nitrogens with zero attached hydrogens (tertiary/aromatic N) is 4. The highest BCUT2D eigenvalue weighted by atomic mass is 79.9. The highest BCUT2D eigenvalue weighted by molar-refractivity contribution is 9.10. The van der Waals surface area contributed by atoms with Gasteiger partial charge in [0, 0.05) is 7.05 Å². The second-order valence-corrected chi connectivity index (χ2v) is 4.38. The van der Waals surface area contributed by atoms with Crippen LogP contribution < -0.4 is 10.6 Å². The number of nitriles is 1. The van der Waals surface area contributed by atoms with Crippen LogP contribution in [0.25, 0.3) is 0 Å². The van der Waals surface area contributed by atoms with Gasteiger partial charge in [-0.2, -0.15) is 5.26 Å². The van der Waals surface area contributed by atoms with E-state index < -0.39 is 0 Å². The molecule has 0 aliphatic heterocycles. The van der Waals surface area contributed by atoms with Crippen LogP contribution in [-0.2, 0) is 0 Å². The first kappa shape index (κ1) is 12.3. The van der Waals surface area contributed by atoms with Crippen LogP contribution in [-0.4, -0.2) is 17.0 Å². The van der Waals surface area contributed by atoms with Crippen molar-refractivity contribution >= 4 is 33.3 Å². The maximum atomic E-state index is 9.09. The minimum atomic E-state index is 0.362. The number of aromatic nitrogens is 2. The van der Waals surface area contributed by atoms with Gasteiger partial charge in [0.2, 0.25) is 0 Å². The van der Waals surface area contributed by atoms with E-state index in [1.54, 1.807) is 11.0 Å². The van der Waals surface area contributed by atoms with Crippen molar-refractivity contribution in [2.24, 2.45) is 0 Å². The summed E-state index contributed by atoms with van der Waals surface area (Å²) in [6.07, 6.45) is 1.39. The van der Waals surface area contributed by atoms with Crippen molar-refractivity contribution in [1.29, 1.82) is 5.26 Å². The topological polar surface area (TPSA) is 78.8 Å². The molecule has 6 heteroatoms. The lowest BCUT2D eigenvalue weighted by Gasteiger charge is -2.20. The fourth-order valence-corrected chi connectivity index (χ4v) is 2.05. The Morgan fingerprint density at radius 1 is 1.33 bits per heavy atom. The van der Waals surface area contributed by atoms with Crippen molar-refractivity contribution in [2.45, 2.75) is 0 Å². The Kier molecular flexibility index (Phi) is 3.44. The van der Waals surface area contributed by atoms with Crippen LogP contribution in [0.1, 0.15) is 5.56 Å². The molecule has 2 rings (SSSR count). The number of halogens is 1. The summed E-state index contributed by atoms with van der Waals surface area (Å²) in [5, 5.41) is 9.09. The van der Waals surface area contributed by atoms with E-state index in [4.69, 9.17) is 11.0 Å². The number of hydrogen-bond acceptors (Lipinski definition) is 5. The van der Waals surface area contributed by atoms with Crippen LogP contribution >= 0.6 is 15.9 Å². The number of anilines is 3. The summed E-state index contributed by atoms with van der Waals surface area (Å²) in [5.41, 5.74) is 7.05. The Bertz CT molecular complexity index is 620. The molecule has 1 aromatic heterocycles. The Balaban J connectivity index is 2.52. The lowest BCUT2D eigenvalue weighted by molar-refractivity contribution is 1.07. The number of nitrogens with two attached hydrogens (primary N) is 1. The zero-order chi connectivity index (χ0) is 13.1. The lowest BCUT2D eigenvalue weighted by atomic mass is 10.2. The molecule has 0 atom stereocenters. The Labute approximate surface area is 113 Å². The Morgan fingerprint density at radius 3 is 2.78 bits per heavy atom. The number of nitrogen functional groups attached to an aromatic ring is 1. The molecular formula is C12H10BrN5. The summed E-state index contributed by atoms with van der Waals surface area (Å²) in [4.78, 5) is 9.85. The standard InChI is InChI=1S/C12H10BrN5/c1-18(9-5-3-2-4-8(9)6-14)12-10(13)11(15)16-7-17-12/h2-5,7H,1H3,(H2,15,16,17). The van der Waals surface area contributed by atoms with E-state index >= 15 is 0 Å². The quantitative estimate of drug-likeness (QED) is 0.922. The number of hydrogen-bond donors (Lipinski definition) is 1. The second-order valence-electron chi connectivity index (χ2n) is 3.58. The smallest absolute Gasteiger partial charge is 0.152 e. The van der Waals surface area contributed by atoms with Crippen LogP contribution in [0.2, 0.25) is 0 Å². The van der Waals surface area contributed by atoms with Gasteiger partial charge in [0.25, 0.3) is 0 Å². The monoisotopic (exact) mass is 303 g/mol. The molecule has 0 aliphatic carbocycles. The Morgan fingerprint density at radius 2 is 2.06 bits per heavy atom. The SMILES string of the molecule is CN(c1ccccc1C#N)c1ncnc(N)c1Br. The van der Waals surface area contributed by atoms with Gasteiger partial charge < -0.3 is 10.6 Å². The van der Waals surface area contributed by atoms with Crippen LogP contribution in [0.5, 0.6) is 0 Å². The molecule has 0 bridgehead atoms. The fraction of sp³-hybridized carbons (Fsp3) is 0.0833. The van der Waals surface area contributed by atoms with Crippen LogP contribution in [0.4, 0.5) is 17.3 Å². The first-order chi connectivity index (χ1) is 8.65. The molecule has 0 radical (unpaired) electrons. The van der Waals surface area contributed by atoms with E-state index in [-0.39, 0.29) is 0 Å². The van der Waals surface area contributed by atoms with Gasteiger partial charge in [-0.05, 0) is 28.1 Å². The average molecular weight is 304 g/mol. The summed E-state index contributed by atoms with van der Waals surface area (Å²) in [6, 6.07) is 9.44. The molecule has 1 heterocycles. The third-order valence-corrected chi connectivity index (χ3v) is 3.26. The first-order valence-electron chi connectivity index (χ1n) is 5.14. The largest absolute Gasteiger partial charge is 0.383 e. The molecule has 18 heavy (non-hydrogen) atoms. The maximum Gasteiger partial charge on any atom is 0.152 e. The molecule has 0 fully saturated rings. The molecule has 1 aromatic carbocycles. The number of para-hydroxylation sites is 1. The lowest BCUT2D eigenvalue weighted by Crippen LogP contribution is -2.14. The zero-order valence-corrected chi connectivity index (χ0v) is 11.2. The molecule has 0 saturated carbocycles. The number of rotatable bonds is 2. The van der Waals surface area contributed by atoms with Crippen molar-refractivity contribution < 1.29 is 0 Å². The van der Waals surface area contributed by atoms with E-state index in [1.807, 2.05) is 25.2 Å². The maximum absolute atomic E-state index is 9.09. The van der Waals surface area contributed by atoms with Gasteiger partial charge >= 0.3 is 0 Å². The first-order valence-corrected chi connectivity index (χ1v) is 5.93. The molecule has 0 saturated heterocycles. The van der Waals surface area contributed by atoms with Gasteiger partial charge in [-0.3, -0.25) is 0 Å². The molecule has 2 aromatic rings. The van der Waals surface area contributed by atoms with Gasteiger partial charge in [-0.1, -0.05) is 12.1 Å².